The summed E-state index contributed by atoms with van der Waals surface area (Å²) in [7, 11) is 1.64. The number of methoxy groups -OCH3 is 1. The fourth-order valence-electron chi connectivity index (χ4n) is 1.52. The highest BCUT2D eigenvalue weighted by Crippen LogP contribution is 2.10. The zero-order valence-corrected chi connectivity index (χ0v) is 12.0. The number of carbonyl (C=O) groups excluding carboxylic acids is 1. The molecular formula is C13H18BrNO2. The minimum Gasteiger partial charge on any atom is -0.383 e. The van der Waals surface area contributed by atoms with E-state index in [2.05, 4.69) is 21.2 Å². The Morgan fingerprint density at radius 1 is 1.47 bits per heavy atom. The van der Waals surface area contributed by atoms with Crippen LogP contribution in [0.25, 0.3) is 0 Å². The molecular weight excluding hydrogens is 282 g/mol. The summed E-state index contributed by atoms with van der Waals surface area (Å²) in [6, 6.07) is 5.87. The molecule has 1 unspecified atom stereocenters. The van der Waals surface area contributed by atoms with E-state index in [-0.39, 0.29) is 10.7 Å². The quantitative estimate of drug-likeness (QED) is 0.848. The first-order valence-corrected chi connectivity index (χ1v) is 6.44. The zero-order chi connectivity index (χ0) is 12.8. The Morgan fingerprint density at radius 2 is 2.18 bits per heavy atom. The molecule has 0 aromatic heterocycles. The summed E-state index contributed by atoms with van der Waals surface area (Å²) in [5.41, 5.74) is 2.82. The van der Waals surface area contributed by atoms with Gasteiger partial charge in [0.1, 0.15) is 0 Å². The van der Waals surface area contributed by atoms with Crippen molar-refractivity contribution < 1.29 is 9.53 Å². The molecule has 0 heterocycles. The number of hydrogen-bond acceptors (Lipinski definition) is 2. The van der Waals surface area contributed by atoms with Crippen LogP contribution in [0.15, 0.2) is 18.2 Å². The molecule has 1 amide bonds. The van der Waals surface area contributed by atoms with Crippen LogP contribution in [0, 0.1) is 13.8 Å². The lowest BCUT2D eigenvalue weighted by molar-refractivity contribution is 0.0949. The normalized spacial score (nSPS) is 12.2. The van der Waals surface area contributed by atoms with Crippen LogP contribution in [0.1, 0.15) is 21.5 Å². The summed E-state index contributed by atoms with van der Waals surface area (Å²) < 4.78 is 4.99. The molecule has 1 N–H and O–H groups in total. The van der Waals surface area contributed by atoms with Gasteiger partial charge in [-0.2, -0.15) is 0 Å². The number of benzene rings is 1. The van der Waals surface area contributed by atoms with Gasteiger partial charge in [0.2, 0.25) is 0 Å². The van der Waals surface area contributed by atoms with Crippen molar-refractivity contribution >= 4 is 21.8 Å². The monoisotopic (exact) mass is 299 g/mol. The van der Waals surface area contributed by atoms with Gasteiger partial charge in [0.05, 0.1) is 11.4 Å². The standard InChI is InChI=1S/C13H18BrNO2/c1-9-4-5-10(2)12(6-9)13(16)15-7-11(14)8-17-3/h4-6,11H,7-8H2,1-3H3,(H,15,16). The van der Waals surface area contributed by atoms with E-state index in [1.54, 1.807) is 7.11 Å². The van der Waals surface area contributed by atoms with Crippen LogP contribution in [-0.4, -0.2) is 31.0 Å². The van der Waals surface area contributed by atoms with Gasteiger partial charge in [0.15, 0.2) is 0 Å². The van der Waals surface area contributed by atoms with E-state index < -0.39 is 0 Å². The SMILES string of the molecule is COCC(Br)CNC(=O)c1cc(C)ccc1C. The molecule has 0 fully saturated rings. The molecule has 0 spiro atoms. The van der Waals surface area contributed by atoms with Crippen molar-refractivity contribution in [2.45, 2.75) is 18.7 Å². The summed E-state index contributed by atoms with van der Waals surface area (Å²) in [4.78, 5) is 12.1. The maximum Gasteiger partial charge on any atom is 0.251 e. The molecule has 0 aliphatic carbocycles. The van der Waals surface area contributed by atoms with Crippen LogP contribution in [0.4, 0.5) is 0 Å². The van der Waals surface area contributed by atoms with Crippen LogP contribution >= 0.6 is 15.9 Å². The predicted octanol–water partition coefficient (Wildman–Crippen LogP) is 2.44. The van der Waals surface area contributed by atoms with Crippen LogP contribution in [0.2, 0.25) is 0 Å². The third kappa shape index (κ3) is 4.48. The van der Waals surface area contributed by atoms with Gasteiger partial charge in [-0.1, -0.05) is 33.6 Å². The van der Waals surface area contributed by atoms with Crippen LogP contribution in [0.5, 0.6) is 0 Å². The number of ether oxygens (including phenoxy) is 1. The second-order valence-corrected chi connectivity index (χ2v) is 5.38. The van der Waals surface area contributed by atoms with Gasteiger partial charge < -0.3 is 10.1 Å². The molecule has 94 valence electrons. The first-order valence-electron chi connectivity index (χ1n) is 5.53. The highest BCUT2D eigenvalue weighted by atomic mass is 79.9. The molecule has 1 aromatic carbocycles. The highest BCUT2D eigenvalue weighted by Gasteiger charge is 2.11. The lowest BCUT2D eigenvalue weighted by Crippen LogP contribution is -2.31. The van der Waals surface area contributed by atoms with Crippen molar-refractivity contribution in [3.8, 4) is 0 Å². The Kier molecular flexibility index (Phi) is 5.65. The number of alkyl halides is 1. The van der Waals surface area contributed by atoms with Crippen molar-refractivity contribution in [3.05, 3.63) is 34.9 Å². The maximum absolute atomic E-state index is 12.0. The Morgan fingerprint density at radius 3 is 2.82 bits per heavy atom. The van der Waals surface area contributed by atoms with Gasteiger partial charge in [-0.3, -0.25) is 4.79 Å². The molecule has 4 heteroatoms. The molecule has 17 heavy (non-hydrogen) atoms. The van der Waals surface area contributed by atoms with E-state index in [1.807, 2.05) is 32.0 Å². The highest BCUT2D eigenvalue weighted by molar-refractivity contribution is 9.09. The first-order chi connectivity index (χ1) is 8.04. The molecule has 1 aromatic rings. The van der Waals surface area contributed by atoms with E-state index in [1.165, 1.54) is 0 Å². The number of rotatable bonds is 5. The minimum atomic E-state index is -0.0354. The van der Waals surface area contributed by atoms with Gasteiger partial charge in [-0.15, -0.1) is 0 Å². The van der Waals surface area contributed by atoms with Gasteiger partial charge in [0, 0.05) is 19.2 Å². The molecule has 0 radical (unpaired) electrons. The van der Waals surface area contributed by atoms with Gasteiger partial charge in [-0.25, -0.2) is 0 Å². The summed E-state index contributed by atoms with van der Waals surface area (Å²) in [6.07, 6.45) is 0. The fourth-order valence-corrected chi connectivity index (χ4v) is 1.95. The third-order valence-electron chi connectivity index (χ3n) is 2.47. The van der Waals surface area contributed by atoms with Crippen molar-refractivity contribution in [1.29, 1.82) is 0 Å². The molecule has 0 aliphatic rings. The minimum absolute atomic E-state index is 0.0354. The lowest BCUT2D eigenvalue weighted by atomic mass is 10.1. The molecule has 0 aliphatic heterocycles. The Labute approximate surface area is 111 Å². The van der Waals surface area contributed by atoms with Crippen molar-refractivity contribution in [1.82, 2.24) is 5.32 Å². The third-order valence-corrected chi connectivity index (χ3v) is 3.06. The smallest absolute Gasteiger partial charge is 0.251 e. The Hall–Kier alpha value is -0.870. The van der Waals surface area contributed by atoms with Crippen LogP contribution in [0.3, 0.4) is 0 Å². The number of amides is 1. The number of nitrogens with one attached hydrogen (secondary N) is 1. The Bertz CT molecular complexity index is 393. The van der Waals surface area contributed by atoms with E-state index in [0.717, 1.165) is 16.7 Å². The van der Waals surface area contributed by atoms with Crippen molar-refractivity contribution in [2.75, 3.05) is 20.3 Å². The van der Waals surface area contributed by atoms with E-state index in [4.69, 9.17) is 4.74 Å². The molecule has 3 nitrogen and oxygen atoms in total. The van der Waals surface area contributed by atoms with Crippen molar-refractivity contribution in [2.24, 2.45) is 0 Å². The number of carbonyl (C=O) groups is 1. The number of halogens is 1. The fraction of sp³-hybridized carbons (Fsp3) is 0.462. The van der Waals surface area contributed by atoms with E-state index in [9.17, 15) is 4.79 Å². The summed E-state index contributed by atoms with van der Waals surface area (Å²) in [5.74, 6) is -0.0354. The summed E-state index contributed by atoms with van der Waals surface area (Å²) >= 11 is 3.43. The largest absolute Gasteiger partial charge is 0.383 e. The second kappa shape index (κ2) is 6.77. The van der Waals surface area contributed by atoms with Crippen molar-refractivity contribution in [3.63, 3.8) is 0 Å². The average Bonchev–Trinajstić information content (AvgIpc) is 2.29. The molecule has 1 atom stereocenters. The Balaban J connectivity index is 2.61. The first kappa shape index (κ1) is 14.2. The van der Waals surface area contributed by atoms with Gasteiger partial charge in [-0.05, 0) is 25.5 Å². The van der Waals surface area contributed by atoms with Crippen LogP contribution < -0.4 is 5.32 Å². The number of hydrogen-bond donors (Lipinski definition) is 1. The van der Waals surface area contributed by atoms with Gasteiger partial charge in [0.25, 0.3) is 5.91 Å². The van der Waals surface area contributed by atoms with Crippen LogP contribution in [-0.2, 0) is 4.74 Å². The maximum atomic E-state index is 12.0. The van der Waals surface area contributed by atoms with Gasteiger partial charge >= 0.3 is 0 Å². The zero-order valence-electron chi connectivity index (χ0n) is 10.4. The molecule has 1 rings (SSSR count). The predicted molar refractivity (Wildman–Crippen MR) is 72.8 cm³/mol. The molecule has 0 bridgehead atoms. The van der Waals surface area contributed by atoms with E-state index >= 15 is 0 Å². The molecule has 0 saturated carbocycles. The topological polar surface area (TPSA) is 38.3 Å². The second-order valence-electron chi connectivity index (χ2n) is 4.08. The summed E-state index contributed by atoms with van der Waals surface area (Å²) in [6.45, 7) is 5.05. The average molecular weight is 300 g/mol. The van der Waals surface area contributed by atoms with E-state index in [0.29, 0.717) is 13.2 Å². The number of aryl methyl sites for hydroxylation is 2. The summed E-state index contributed by atoms with van der Waals surface area (Å²) in [5, 5.41) is 2.89. The lowest BCUT2D eigenvalue weighted by Gasteiger charge is -2.11. The molecule has 0 saturated heterocycles.